The molecule has 2 atom stereocenters. The number of nitrogens with one attached hydrogen (secondary N) is 2. The van der Waals surface area contributed by atoms with Crippen LogP contribution in [0.15, 0.2) is 48.5 Å². The molecule has 0 amide bonds. The van der Waals surface area contributed by atoms with Crippen molar-refractivity contribution in [3.63, 3.8) is 0 Å². The monoisotopic (exact) mass is 383 g/mol. The highest BCUT2D eigenvalue weighted by Gasteiger charge is 2.30. The second kappa shape index (κ2) is 8.22. The minimum Gasteiger partial charge on any atom is -0.316 e. The van der Waals surface area contributed by atoms with E-state index in [-0.39, 0.29) is 12.0 Å². The number of nitrogens with zero attached hydrogens (tertiary/aromatic N) is 1. The maximum Gasteiger partial charge on any atom is 0.214 e. The summed E-state index contributed by atoms with van der Waals surface area (Å²) in [4.78, 5) is 0. The van der Waals surface area contributed by atoms with E-state index in [1.807, 2.05) is 48.5 Å². The van der Waals surface area contributed by atoms with E-state index >= 15 is 0 Å². The van der Waals surface area contributed by atoms with E-state index in [0.717, 1.165) is 36.2 Å². The molecule has 27 heavy (non-hydrogen) atoms. The van der Waals surface area contributed by atoms with Crippen molar-refractivity contribution in [3.8, 4) is 17.2 Å². The molecule has 6 heteroatoms. The van der Waals surface area contributed by atoms with Gasteiger partial charge in [-0.05, 0) is 49.6 Å². The molecule has 2 aromatic rings. The van der Waals surface area contributed by atoms with Crippen LogP contribution in [-0.2, 0) is 10.0 Å². The number of nitriles is 1. The molecular weight excluding hydrogens is 358 g/mol. The van der Waals surface area contributed by atoms with Crippen molar-refractivity contribution in [2.45, 2.75) is 37.5 Å². The number of benzene rings is 2. The minimum absolute atomic E-state index is 0.0764. The second-order valence-electron chi connectivity index (χ2n) is 7.20. The molecule has 0 spiro atoms. The van der Waals surface area contributed by atoms with Crippen molar-refractivity contribution < 1.29 is 8.42 Å². The average molecular weight is 384 g/mol. The van der Waals surface area contributed by atoms with Crippen molar-refractivity contribution in [2.24, 2.45) is 0 Å². The molecule has 0 aromatic heterocycles. The van der Waals surface area contributed by atoms with E-state index in [0.29, 0.717) is 5.56 Å². The van der Waals surface area contributed by atoms with Crippen LogP contribution < -0.4 is 10.0 Å². The Hall–Kier alpha value is -2.20. The lowest BCUT2D eigenvalue weighted by Crippen LogP contribution is -2.49. The first-order chi connectivity index (χ1) is 12.9. The van der Waals surface area contributed by atoms with Crippen LogP contribution in [0.5, 0.6) is 0 Å². The van der Waals surface area contributed by atoms with E-state index < -0.39 is 15.3 Å². The highest BCUT2D eigenvalue weighted by atomic mass is 32.2. The van der Waals surface area contributed by atoms with Gasteiger partial charge < -0.3 is 5.32 Å². The van der Waals surface area contributed by atoms with Crippen molar-refractivity contribution in [2.75, 3.05) is 13.1 Å². The van der Waals surface area contributed by atoms with Gasteiger partial charge in [-0.3, -0.25) is 0 Å². The van der Waals surface area contributed by atoms with Crippen LogP contribution in [0.3, 0.4) is 0 Å². The Labute approximate surface area is 161 Å². The molecule has 2 aromatic carbocycles. The van der Waals surface area contributed by atoms with Crippen LogP contribution in [-0.4, -0.2) is 32.8 Å². The van der Waals surface area contributed by atoms with E-state index in [1.165, 1.54) is 0 Å². The Bertz CT molecular complexity index is 931. The lowest BCUT2D eigenvalue weighted by Gasteiger charge is -2.33. The number of hydrogen-bond acceptors (Lipinski definition) is 4. The Balaban J connectivity index is 1.85. The Morgan fingerprint density at radius 3 is 2.52 bits per heavy atom. The van der Waals surface area contributed by atoms with Gasteiger partial charge in [-0.15, -0.1) is 0 Å². The summed E-state index contributed by atoms with van der Waals surface area (Å²) in [6, 6.07) is 17.7. The van der Waals surface area contributed by atoms with Crippen molar-refractivity contribution in [1.29, 1.82) is 5.26 Å². The normalized spacial score (nSPS) is 20.4. The fourth-order valence-corrected chi connectivity index (χ4v) is 4.42. The minimum atomic E-state index is -3.31. The molecule has 5 nitrogen and oxygen atoms in total. The van der Waals surface area contributed by atoms with Gasteiger partial charge in [0.15, 0.2) is 0 Å². The fourth-order valence-electron chi connectivity index (χ4n) is 3.44. The molecule has 3 rings (SSSR count). The van der Waals surface area contributed by atoms with Crippen LogP contribution in [0.4, 0.5) is 0 Å². The third-order valence-electron chi connectivity index (χ3n) is 5.12. The van der Waals surface area contributed by atoms with Gasteiger partial charge in [0.2, 0.25) is 10.0 Å². The quantitative estimate of drug-likeness (QED) is 0.832. The molecule has 1 aliphatic rings. The van der Waals surface area contributed by atoms with Crippen LogP contribution in [0.2, 0.25) is 0 Å². The highest BCUT2D eigenvalue weighted by Crippen LogP contribution is 2.29. The maximum absolute atomic E-state index is 12.3. The third kappa shape index (κ3) is 4.38. The Morgan fingerprint density at radius 1 is 1.15 bits per heavy atom. The van der Waals surface area contributed by atoms with Gasteiger partial charge in [0, 0.05) is 18.5 Å². The van der Waals surface area contributed by atoms with Gasteiger partial charge in [-0.1, -0.05) is 42.5 Å². The lowest BCUT2D eigenvalue weighted by molar-refractivity contribution is 0.377. The molecule has 1 fully saturated rings. The molecule has 142 valence electrons. The number of piperidine rings is 1. The van der Waals surface area contributed by atoms with Crippen LogP contribution in [0.1, 0.15) is 37.3 Å². The second-order valence-corrected chi connectivity index (χ2v) is 9.47. The fraction of sp³-hybridized carbons (Fsp3) is 0.381. The van der Waals surface area contributed by atoms with Crippen molar-refractivity contribution in [1.82, 2.24) is 10.0 Å². The van der Waals surface area contributed by atoms with Gasteiger partial charge >= 0.3 is 0 Å². The lowest BCUT2D eigenvalue weighted by atomic mass is 9.86. The highest BCUT2D eigenvalue weighted by molar-refractivity contribution is 7.90. The summed E-state index contributed by atoms with van der Waals surface area (Å²) in [7, 11) is -3.31. The molecule has 0 radical (unpaired) electrons. The molecule has 0 bridgehead atoms. The van der Waals surface area contributed by atoms with E-state index in [1.54, 1.807) is 13.8 Å². The summed E-state index contributed by atoms with van der Waals surface area (Å²) in [6.07, 6.45) is 0.760. The summed E-state index contributed by atoms with van der Waals surface area (Å²) in [5.74, 6) is 0.0764. The van der Waals surface area contributed by atoms with Crippen molar-refractivity contribution in [3.05, 3.63) is 59.7 Å². The molecule has 0 aliphatic carbocycles. The van der Waals surface area contributed by atoms with E-state index in [4.69, 9.17) is 0 Å². The zero-order valence-electron chi connectivity index (χ0n) is 15.6. The van der Waals surface area contributed by atoms with E-state index in [2.05, 4.69) is 16.1 Å². The van der Waals surface area contributed by atoms with E-state index in [9.17, 15) is 13.7 Å². The predicted octanol–water partition coefficient (Wildman–Crippen LogP) is 3.00. The number of sulfonamides is 1. The largest absolute Gasteiger partial charge is 0.316 e. The first-order valence-corrected chi connectivity index (χ1v) is 10.8. The Morgan fingerprint density at radius 2 is 1.85 bits per heavy atom. The smallest absolute Gasteiger partial charge is 0.214 e. The first kappa shape index (κ1) is 19.6. The standard InChI is InChI=1S/C21H25N3O2S/c1-15(2)27(25,26)24-21-11-12-23-14-20(21)17-9-7-16(8-10-17)19-6-4-3-5-18(19)13-22/h3-10,15,20-21,23-24H,11-12,14H2,1-2H3/t20-,21+/m0/s1. The van der Waals surface area contributed by atoms with Gasteiger partial charge in [0.05, 0.1) is 16.9 Å². The molecule has 2 N–H and O–H groups in total. The van der Waals surface area contributed by atoms with Gasteiger partial charge in [-0.2, -0.15) is 5.26 Å². The van der Waals surface area contributed by atoms with Crippen LogP contribution in [0, 0.1) is 11.3 Å². The summed E-state index contributed by atoms with van der Waals surface area (Å²) >= 11 is 0. The molecule has 1 heterocycles. The van der Waals surface area contributed by atoms with Crippen LogP contribution >= 0.6 is 0 Å². The molecule has 1 aliphatic heterocycles. The zero-order chi connectivity index (χ0) is 19.4. The molecule has 0 unspecified atom stereocenters. The topological polar surface area (TPSA) is 82.0 Å². The first-order valence-electron chi connectivity index (χ1n) is 9.23. The summed E-state index contributed by atoms with van der Waals surface area (Å²) in [5.41, 5.74) is 3.63. The number of rotatable bonds is 5. The summed E-state index contributed by atoms with van der Waals surface area (Å²) in [5, 5.41) is 12.2. The maximum atomic E-state index is 12.3. The molecular formula is C21H25N3O2S. The van der Waals surface area contributed by atoms with Gasteiger partial charge in [-0.25, -0.2) is 13.1 Å². The van der Waals surface area contributed by atoms with Crippen molar-refractivity contribution >= 4 is 10.0 Å². The molecule has 0 saturated carbocycles. The zero-order valence-corrected chi connectivity index (χ0v) is 16.5. The summed E-state index contributed by atoms with van der Waals surface area (Å²) < 4.78 is 27.5. The predicted molar refractivity (Wildman–Crippen MR) is 108 cm³/mol. The number of hydrogen-bond donors (Lipinski definition) is 2. The van der Waals surface area contributed by atoms with Gasteiger partial charge in [0.25, 0.3) is 0 Å². The van der Waals surface area contributed by atoms with Crippen LogP contribution in [0.25, 0.3) is 11.1 Å². The third-order valence-corrected chi connectivity index (χ3v) is 6.99. The average Bonchev–Trinajstić information content (AvgIpc) is 2.68. The van der Waals surface area contributed by atoms with Gasteiger partial charge in [0.1, 0.15) is 0 Å². The molecule has 1 saturated heterocycles. The Kier molecular flexibility index (Phi) is 5.95. The summed E-state index contributed by atoms with van der Waals surface area (Å²) in [6.45, 7) is 4.93. The SMILES string of the molecule is CC(C)S(=O)(=O)N[C@@H]1CCNC[C@H]1c1ccc(-c2ccccc2C#N)cc1.